The molecule has 1 aliphatic heterocycles. The zero-order chi connectivity index (χ0) is 15.0. The second kappa shape index (κ2) is 5.09. The number of benzene rings is 1. The largest absolute Gasteiger partial charge is 0.397 e. The topological polar surface area (TPSA) is 71.2 Å². The first-order valence-electron chi connectivity index (χ1n) is 6.89. The third-order valence-corrected chi connectivity index (χ3v) is 3.63. The van der Waals surface area contributed by atoms with Crippen LogP contribution >= 0.6 is 0 Å². The number of hydrogen-bond donors (Lipinski definition) is 2. The van der Waals surface area contributed by atoms with E-state index in [1.165, 1.54) is 0 Å². The number of hydrogen-bond acceptors (Lipinski definition) is 4. The number of aromatic nitrogens is 1. The number of carbonyl (C=O) groups excluding carboxylic acids is 1. The molecule has 108 valence electrons. The molecule has 1 aromatic carbocycles. The summed E-state index contributed by atoms with van der Waals surface area (Å²) in [6, 6.07) is 9.78. The minimum absolute atomic E-state index is 0.0181. The SMILES string of the molecule is Cc1cccc(CN(C)c2cc3c(cc2N)CC(=O)N3)n1. The Hall–Kier alpha value is -2.56. The van der Waals surface area contributed by atoms with Crippen molar-refractivity contribution in [3.8, 4) is 0 Å². The first-order chi connectivity index (χ1) is 10.0. The number of nitrogens with zero attached hydrogens (tertiary/aromatic N) is 2. The summed E-state index contributed by atoms with van der Waals surface area (Å²) in [7, 11) is 1.97. The van der Waals surface area contributed by atoms with Gasteiger partial charge in [-0.15, -0.1) is 0 Å². The van der Waals surface area contributed by atoms with Crippen molar-refractivity contribution < 1.29 is 4.79 Å². The summed E-state index contributed by atoms with van der Waals surface area (Å²) in [6.07, 6.45) is 0.406. The second-order valence-electron chi connectivity index (χ2n) is 5.42. The fourth-order valence-corrected chi connectivity index (χ4v) is 2.63. The van der Waals surface area contributed by atoms with Crippen LogP contribution in [-0.2, 0) is 17.8 Å². The van der Waals surface area contributed by atoms with Crippen molar-refractivity contribution in [2.75, 3.05) is 23.0 Å². The van der Waals surface area contributed by atoms with E-state index in [9.17, 15) is 4.79 Å². The minimum Gasteiger partial charge on any atom is -0.397 e. The van der Waals surface area contributed by atoms with Crippen molar-refractivity contribution >= 4 is 23.0 Å². The molecular weight excluding hydrogens is 264 g/mol. The van der Waals surface area contributed by atoms with Crippen LogP contribution in [0.4, 0.5) is 17.1 Å². The Morgan fingerprint density at radius 3 is 2.95 bits per heavy atom. The molecule has 3 rings (SSSR count). The van der Waals surface area contributed by atoms with Gasteiger partial charge in [-0.1, -0.05) is 6.07 Å². The van der Waals surface area contributed by atoms with Crippen LogP contribution in [0.5, 0.6) is 0 Å². The summed E-state index contributed by atoms with van der Waals surface area (Å²) in [5.41, 5.74) is 11.5. The average molecular weight is 282 g/mol. The molecule has 0 aliphatic carbocycles. The third-order valence-electron chi connectivity index (χ3n) is 3.63. The quantitative estimate of drug-likeness (QED) is 0.846. The molecule has 1 aliphatic rings. The maximum Gasteiger partial charge on any atom is 0.228 e. The van der Waals surface area contributed by atoms with E-state index in [0.29, 0.717) is 18.7 Å². The Kier molecular flexibility index (Phi) is 3.25. The summed E-state index contributed by atoms with van der Waals surface area (Å²) in [4.78, 5) is 18.0. The number of amides is 1. The summed E-state index contributed by atoms with van der Waals surface area (Å²) in [5.74, 6) is 0.0181. The molecule has 0 saturated carbocycles. The van der Waals surface area contributed by atoms with E-state index < -0.39 is 0 Å². The lowest BCUT2D eigenvalue weighted by molar-refractivity contribution is -0.115. The summed E-state index contributed by atoms with van der Waals surface area (Å²) < 4.78 is 0. The summed E-state index contributed by atoms with van der Waals surface area (Å²) in [6.45, 7) is 2.64. The number of pyridine rings is 1. The Morgan fingerprint density at radius 2 is 2.19 bits per heavy atom. The Bertz CT molecular complexity index is 711. The second-order valence-corrected chi connectivity index (χ2v) is 5.42. The average Bonchev–Trinajstić information content (AvgIpc) is 2.76. The van der Waals surface area contributed by atoms with Crippen LogP contribution in [0.25, 0.3) is 0 Å². The Morgan fingerprint density at radius 1 is 1.38 bits per heavy atom. The monoisotopic (exact) mass is 282 g/mol. The van der Waals surface area contributed by atoms with Gasteiger partial charge in [0.15, 0.2) is 0 Å². The molecule has 5 heteroatoms. The van der Waals surface area contributed by atoms with Crippen molar-refractivity contribution in [2.45, 2.75) is 19.9 Å². The maximum atomic E-state index is 11.4. The van der Waals surface area contributed by atoms with E-state index in [0.717, 1.165) is 28.3 Å². The van der Waals surface area contributed by atoms with Crippen molar-refractivity contribution in [2.24, 2.45) is 0 Å². The standard InChI is InChI=1S/C16H18N4O/c1-10-4-3-5-12(18-10)9-20(2)15-8-14-11(6-13(15)17)7-16(21)19-14/h3-6,8H,7,9,17H2,1-2H3,(H,19,21). The smallest absolute Gasteiger partial charge is 0.228 e. The Balaban J connectivity index is 1.87. The predicted molar refractivity (Wildman–Crippen MR) is 84.3 cm³/mol. The maximum absolute atomic E-state index is 11.4. The number of carbonyl (C=O) groups is 1. The zero-order valence-corrected chi connectivity index (χ0v) is 12.2. The highest BCUT2D eigenvalue weighted by atomic mass is 16.1. The molecule has 5 nitrogen and oxygen atoms in total. The van der Waals surface area contributed by atoms with Gasteiger partial charge >= 0.3 is 0 Å². The van der Waals surface area contributed by atoms with Crippen LogP contribution in [0.1, 0.15) is 17.0 Å². The van der Waals surface area contributed by atoms with Gasteiger partial charge in [-0.25, -0.2) is 0 Å². The molecule has 0 unspecified atom stereocenters. The molecule has 1 aromatic heterocycles. The number of nitrogen functional groups attached to an aromatic ring is 1. The molecule has 21 heavy (non-hydrogen) atoms. The van der Waals surface area contributed by atoms with Gasteiger partial charge < -0.3 is 16.0 Å². The van der Waals surface area contributed by atoms with Crippen molar-refractivity contribution in [1.29, 1.82) is 0 Å². The highest BCUT2D eigenvalue weighted by molar-refractivity contribution is 6.00. The van der Waals surface area contributed by atoms with Crippen molar-refractivity contribution in [3.63, 3.8) is 0 Å². The molecule has 0 spiro atoms. The van der Waals surface area contributed by atoms with Gasteiger partial charge in [-0.2, -0.15) is 0 Å². The summed E-state index contributed by atoms with van der Waals surface area (Å²) >= 11 is 0. The van der Waals surface area contributed by atoms with E-state index >= 15 is 0 Å². The molecule has 0 fully saturated rings. The first-order valence-corrected chi connectivity index (χ1v) is 6.89. The van der Waals surface area contributed by atoms with Crippen LogP contribution in [0.2, 0.25) is 0 Å². The lowest BCUT2D eigenvalue weighted by Crippen LogP contribution is -2.19. The van der Waals surface area contributed by atoms with Gasteiger partial charge in [0, 0.05) is 18.4 Å². The molecular formula is C16H18N4O. The van der Waals surface area contributed by atoms with Crippen LogP contribution in [-0.4, -0.2) is 17.9 Å². The molecule has 0 radical (unpaired) electrons. The van der Waals surface area contributed by atoms with Gasteiger partial charge in [0.2, 0.25) is 5.91 Å². The van der Waals surface area contributed by atoms with Crippen LogP contribution in [0.15, 0.2) is 30.3 Å². The van der Waals surface area contributed by atoms with Crippen LogP contribution < -0.4 is 16.0 Å². The fourth-order valence-electron chi connectivity index (χ4n) is 2.63. The van der Waals surface area contributed by atoms with Gasteiger partial charge in [-0.3, -0.25) is 9.78 Å². The minimum atomic E-state index is 0.0181. The number of aryl methyl sites for hydroxylation is 1. The lowest BCUT2D eigenvalue weighted by atomic mass is 10.1. The molecule has 2 heterocycles. The van der Waals surface area contributed by atoms with Gasteiger partial charge in [-0.05, 0) is 36.8 Å². The van der Waals surface area contributed by atoms with Gasteiger partial charge in [0.1, 0.15) is 0 Å². The normalized spacial score (nSPS) is 13.0. The lowest BCUT2D eigenvalue weighted by Gasteiger charge is -2.22. The number of nitrogens with two attached hydrogens (primary N) is 1. The fraction of sp³-hybridized carbons (Fsp3) is 0.250. The zero-order valence-electron chi connectivity index (χ0n) is 12.2. The van der Waals surface area contributed by atoms with Gasteiger partial charge in [0.05, 0.1) is 30.0 Å². The van der Waals surface area contributed by atoms with E-state index in [1.54, 1.807) is 0 Å². The predicted octanol–water partition coefficient (Wildman–Crippen LogP) is 2.10. The van der Waals surface area contributed by atoms with Crippen molar-refractivity contribution in [3.05, 3.63) is 47.3 Å². The van der Waals surface area contributed by atoms with Crippen molar-refractivity contribution in [1.82, 2.24) is 4.98 Å². The molecule has 0 bridgehead atoms. The highest BCUT2D eigenvalue weighted by Gasteiger charge is 2.20. The number of anilines is 3. The third kappa shape index (κ3) is 2.67. The highest BCUT2D eigenvalue weighted by Crippen LogP contribution is 2.33. The summed E-state index contributed by atoms with van der Waals surface area (Å²) in [5, 5.41) is 2.86. The van der Waals surface area contributed by atoms with E-state index in [1.807, 2.05) is 49.2 Å². The number of rotatable bonds is 3. The van der Waals surface area contributed by atoms with E-state index in [2.05, 4.69) is 10.3 Å². The molecule has 3 N–H and O–H groups in total. The van der Waals surface area contributed by atoms with E-state index in [-0.39, 0.29) is 5.91 Å². The molecule has 1 amide bonds. The molecule has 2 aromatic rings. The molecule has 0 atom stereocenters. The van der Waals surface area contributed by atoms with E-state index in [4.69, 9.17) is 5.73 Å². The Labute approximate surface area is 123 Å². The van der Waals surface area contributed by atoms with Gasteiger partial charge in [0.25, 0.3) is 0 Å². The van der Waals surface area contributed by atoms with Crippen LogP contribution in [0.3, 0.4) is 0 Å². The first kappa shape index (κ1) is 13.4. The number of nitrogens with one attached hydrogen (secondary N) is 1. The molecule has 0 saturated heterocycles. The van der Waals surface area contributed by atoms with Crippen LogP contribution in [0, 0.1) is 6.92 Å². The number of fused-ring (bicyclic) bond motifs is 1.